The fourth-order valence-electron chi connectivity index (χ4n) is 3.32. The van der Waals surface area contributed by atoms with Gasteiger partial charge in [0.05, 0.1) is 6.33 Å². The Kier molecular flexibility index (Phi) is 4.34. The van der Waals surface area contributed by atoms with E-state index < -0.39 is 0 Å². The lowest BCUT2D eigenvalue weighted by atomic mass is 10.00. The van der Waals surface area contributed by atoms with Gasteiger partial charge in [0, 0.05) is 19.1 Å². The number of aryl methyl sites for hydroxylation is 1. The summed E-state index contributed by atoms with van der Waals surface area (Å²) in [5.74, 6) is 0.459. The van der Waals surface area contributed by atoms with Crippen LogP contribution in [0.2, 0.25) is 0 Å². The summed E-state index contributed by atoms with van der Waals surface area (Å²) < 4.78 is 2.08. The van der Waals surface area contributed by atoms with Gasteiger partial charge in [0.25, 0.3) is 0 Å². The molecule has 1 aliphatic rings. The van der Waals surface area contributed by atoms with Crippen LogP contribution in [0, 0.1) is 0 Å². The fourth-order valence-corrected chi connectivity index (χ4v) is 3.32. The molecule has 0 radical (unpaired) electrons. The van der Waals surface area contributed by atoms with Crippen molar-refractivity contribution in [2.24, 2.45) is 0 Å². The van der Waals surface area contributed by atoms with Gasteiger partial charge >= 0.3 is 0 Å². The highest BCUT2D eigenvalue weighted by atomic mass is 15.2. The molecule has 2 aromatic heterocycles. The maximum Gasteiger partial charge on any atom is 0.165 e. The Morgan fingerprint density at radius 3 is 3.00 bits per heavy atom. The molecular formula is C15H24N6. The third-order valence-corrected chi connectivity index (χ3v) is 4.49. The van der Waals surface area contributed by atoms with Crippen molar-refractivity contribution in [2.75, 3.05) is 18.8 Å². The number of anilines is 1. The largest absolute Gasteiger partial charge is 0.382 e. The molecule has 6 nitrogen and oxygen atoms in total. The number of likely N-dealkylation sites (tertiary alicyclic amines) is 1. The number of nitrogen functional groups attached to an aromatic ring is 1. The summed E-state index contributed by atoms with van der Waals surface area (Å²) in [7, 11) is 0. The first-order chi connectivity index (χ1) is 10.3. The van der Waals surface area contributed by atoms with E-state index in [1.54, 1.807) is 0 Å². The predicted molar refractivity (Wildman–Crippen MR) is 83.9 cm³/mol. The number of fused-ring (bicyclic) bond motifs is 1. The van der Waals surface area contributed by atoms with E-state index in [-0.39, 0.29) is 0 Å². The third kappa shape index (κ3) is 3.00. The molecule has 1 aliphatic heterocycles. The van der Waals surface area contributed by atoms with Crippen molar-refractivity contribution >= 4 is 17.0 Å². The SMILES string of the molecule is CCC1CCCCN1CCCn1cnc2c(N)ncnc21. The van der Waals surface area contributed by atoms with E-state index in [9.17, 15) is 0 Å². The summed E-state index contributed by atoms with van der Waals surface area (Å²) in [6.07, 6.45) is 9.79. The van der Waals surface area contributed by atoms with Gasteiger partial charge in [-0.25, -0.2) is 15.0 Å². The minimum absolute atomic E-state index is 0.459. The van der Waals surface area contributed by atoms with Crippen LogP contribution in [0.3, 0.4) is 0 Å². The molecule has 2 aromatic rings. The molecule has 21 heavy (non-hydrogen) atoms. The number of hydrogen-bond acceptors (Lipinski definition) is 5. The van der Waals surface area contributed by atoms with Crippen molar-refractivity contribution in [2.45, 2.75) is 51.6 Å². The quantitative estimate of drug-likeness (QED) is 0.911. The summed E-state index contributed by atoms with van der Waals surface area (Å²) >= 11 is 0. The lowest BCUT2D eigenvalue weighted by molar-refractivity contribution is 0.140. The Hall–Kier alpha value is -1.69. The number of hydrogen-bond donors (Lipinski definition) is 1. The summed E-state index contributed by atoms with van der Waals surface area (Å²) in [5, 5.41) is 0. The molecule has 6 heteroatoms. The molecule has 114 valence electrons. The van der Waals surface area contributed by atoms with Crippen molar-refractivity contribution in [3.05, 3.63) is 12.7 Å². The lowest BCUT2D eigenvalue weighted by Gasteiger charge is -2.35. The average Bonchev–Trinajstić information content (AvgIpc) is 2.93. The first-order valence-electron chi connectivity index (χ1n) is 7.95. The summed E-state index contributed by atoms with van der Waals surface area (Å²) in [4.78, 5) is 15.2. The number of piperidine rings is 1. The maximum atomic E-state index is 5.82. The molecule has 2 N–H and O–H groups in total. The molecule has 0 bridgehead atoms. The van der Waals surface area contributed by atoms with Gasteiger partial charge in [-0.2, -0.15) is 0 Å². The highest BCUT2D eigenvalue weighted by molar-refractivity contribution is 5.80. The van der Waals surface area contributed by atoms with Crippen LogP contribution >= 0.6 is 0 Å². The standard InChI is InChI=1S/C15H24N6/c1-2-12-6-3-4-7-20(12)8-5-9-21-11-19-13-14(16)17-10-18-15(13)21/h10-12H,2-9H2,1H3,(H2,16,17,18). The van der Waals surface area contributed by atoms with Crippen LogP contribution in [0.5, 0.6) is 0 Å². The number of imidazole rings is 1. The smallest absolute Gasteiger partial charge is 0.165 e. The van der Waals surface area contributed by atoms with Gasteiger partial charge in [0.1, 0.15) is 11.8 Å². The van der Waals surface area contributed by atoms with Crippen molar-refractivity contribution in [1.82, 2.24) is 24.4 Å². The molecule has 0 saturated carbocycles. The zero-order valence-corrected chi connectivity index (χ0v) is 12.7. The fraction of sp³-hybridized carbons (Fsp3) is 0.667. The Morgan fingerprint density at radius 2 is 2.14 bits per heavy atom. The summed E-state index contributed by atoms with van der Waals surface area (Å²) in [6.45, 7) is 5.63. The van der Waals surface area contributed by atoms with Crippen molar-refractivity contribution in [3.8, 4) is 0 Å². The minimum atomic E-state index is 0.459. The van der Waals surface area contributed by atoms with Gasteiger partial charge in [0.2, 0.25) is 0 Å². The van der Waals surface area contributed by atoms with Gasteiger partial charge in [-0.3, -0.25) is 0 Å². The number of rotatable bonds is 5. The monoisotopic (exact) mass is 288 g/mol. The molecule has 1 atom stereocenters. The molecular weight excluding hydrogens is 264 g/mol. The Bertz CT molecular complexity index is 593. The highest BCUT2D eigenvalue weighted by Crippen LogP contribution is 2.20. The number of nitrogens with zero attached hydrogens (tertiary/aromatic N) is 5. The molecule has 3 heterocycles. The van der Waals surface area contributed by atoms with Gasteiger partial charge in [-0.1, -0.05) is 13.3 Å². The van der Waals surface area contributed by atoms with E-state index in [0.717, 1.165) is 31.2 Å². The molecule has 0 amide bonds. The van der Waals surface area contributed by atoms with Crippen LogP contribution in [-0.4, -0.2) is 43.6 Å². The normalized spacial score (nSPS) is 20.1. The van der Waals surface area contributed by atoms with Crippen molar-refractivity contribution in [1.29, 1.82) is 0 Å². The molecule has 1 fully saturated rings. The van der Waals surface area contributed by atoms with Crippen LogP contribution in [0.4, 0.5) is 5.82 Å². The van der Waals surface area contributed by atoms with Crippen LogP contribution in [-0.2, 0) is 6.54 Å². The molecule has 0 spiro atoms. The van der Waals surface area contributed by atoms with E-state index in [0.29, 0.717) is 11.3 Å². The van der Waals surface area contributed by atoms with Crippen LogP contribution in [0.15, 0.2) is 12.7 Å². The Balaban J connectivity index is 1.60. The van der Waals surface area contributed by atoms with E-state index in [4.69, 9.17) is 5.73 Å². The van der Waals surface area contributed by atoms with Gasteiger partial charge < -0.3 is 15.2 Å². The number of nitrogens with two attached hydrogens (primary N) is 1. The van der Waals surface area contributed by atoms with Crippen LogP contribution < -0.4 is 5.73 Å². The zero-order valence-electron chi connectivity index (χ0n) is 12.7. The van der Waals surface area contributed by atoms with E-state index in [2.05, 4.69) is 31.3 Å². The predicted octanol–water partition coefficient (Wildman–Crippen LogP) is 2.06. The first-order valence-corrected chi connectivity index (χ1v) is 7.95. The molecule has 3 rings (SSSR count). The van der Waals surface area contributed by atoms with E-state index >= 15 is 0 Å². The first kappa shape index (κ1) is 14.3. The van der Waals surface area contributed by atoms with Gasteiger partial charge in [-0.05, 0) is 32.2 Å². The summed E-state index contributed by atoms with van der Waals surface area (Å²) in [6, 6.07) is 0.774. The third-order valence-electron chi connectivity index (χ3n) is 4.49. The zero-order chi connectivity index (χ0) is 14.7. The lowest BCUT2D eigenvalue weighted by Crippen LogP contribution is -2.39. The Morgan fingerprint density at radius 1 is 1.24 bits per heavy atom. The average molecular weight is 288 g/mol. The van der Waals surface area contributed by atoms with Crippen LogP contribution in [0.25, 0.3) is 11.2 Å². The number of aromatic nitrogens is 4. The van der Waals surface area contributed by atoms with Gasteiger partial charge in [-0.15, -0.1) is 0 Å². The Labute approximate surface area is 125 Å². The van der Waals surface area contributed by atoms with E-state index in [1.165, 1.54) is 38.6 Å². The second-order valence-electron chi connectivity index (χ2n) is 5.82. The second-order valence-corrected chi connectivity index (χ2v) is 5.82. The molecule has 0 aromatic carbocycles. The van der Waals surface area contributed by atoms with Crippen molar-refractivity contribution in [3.63, 3.8) is 0 Å². The summed E-state index contributed by atoms with van der Waals surface area (Å²) in [5.41, 5.74) is 7.37. The van der Waals surface area contributed by atoms with Crippen molar-refractivity contribution < 1.29 is 0 Å². The van der Waals surface area contributed by atoms with Crippen LogP contribution in [0.1, 0.15) is 39.0 Å². The maximum absolute atomic E-state index is 5.82. The minimum Gasteiger partial charge on any atom is -0.382 e. The topological polar surface area (TPSA) is 72.9 Å². The molecule has 0 aliphatic carbocycles. The van der Waals surface area contributed by atoms with E-state index in [1.807, 2.05) is 6.33 Å². The second kappa shape index (κ2) is 6.39. The molecule has 1 unspecified atom stereocenters. The highest BCUT2D eigenvalue weighted by Gasteiger charge is 2.20. The molecule has 1 saturated heterocycles. The van der Waals surface area contributed by atoms with Gasteiger partial charge in [0.15, 0.2) is 11.5 Å².